The zero-order valence-electron chi connectivity index (χ0n) is 17.2. The van der Waals surface area contributed by atoms with Crippen LogP contribution in [0.5, 0.6) is 0 Å². The molecule has 1 aliphatic rings. The lowest BCUT2D eigenvalue weighted by atomic mass is 9.96. The first-order chi connectivity index (χ1) is 14.9. The second-order valence-electron chi connectivity index (χ2n) is 7.95. The number of carbonyl (C=O) groups is 1. The van der Waals surface area contributed by atoms with E-state index in [4.69, 9.17) is 4.42 Å². The van der Waals surface area contributed by atoms with Crippen LogP contribution in [0.3, 0.4) is 0 Å². The monoisotopic (exact) mass is 420 g/mol. The van der Waals surface area contributed by atoms with Gasteiger partial charge in [-0.15, -0.1) is 0 Å². The SMILES string of the molecule is Cn1c(=O)oc2ccc(-c3ccc(C[C@@H](C#N)NC(=O)[C@H]4CNC[C@@H](O)C4)cc3)cc21. The summed E-state index contributed by atoms with van der Waals surface area (Å²) in [5, 5.41) is 25.0. The molecule has 0 radical (unpaired) electrons. The van der Waals surface area contributed by atoms with Gasteiger partial charge in [0.15, 0.2) is 5.58 Å². The number of carbonyl (C=O) groups excluding carboxylic acids is 1. The number of hydrogen-bond acceptors (Lipinski definition) is 6. The van der Waals surface area contributed by atoms with E-state index < -0.39 is 17.9 Å². The molecule has 3 atom stereocenters. The van der Waals surface area contributed by atoms with E-state index in [0.29, 0.717) is 31.5 Å². The molecule has 2 aromatic carbocycles. The van der Waals surface area contributed by atoms with Crippen molar-refractivity contribution in [1.29, 1.82) is 5.26 Å². The van der Waals surface area contributed by atoms with Crippen molar-refractivity contribution in [2.45, 2.75) is 25.0 Å². The molecule has 1 fully saturated rings. The summed E-state index contributed by atoms with van der Waals surface area (Å²) in [6.07, 6.45) is 0.250. The fourth-order valence-electron chi connectivity index (χ4n) is 3.91. The molecule has 1 aromatic heterocycles. The van der Waals surface area contributed by atoms with E-state index in [0.717, 1.165) is 22.2 Å². The molecular weight excluding hydrogens is 396 g/mol. The zero-order chi connectivity index (χ0) is 22.0. The van der Waals surface area contributed by atoms with Crippen LogP contribution in [0.2, 0.25) is 0 Å². The quantitative estimate of drug-likeness (QED) is 0.573. The van der Waals surface area contributed by atoms with Gasteiger partial charge in [-0.05, 0) is 35.2 Å². The van der Waals surface area contributed by atoms with Crippen molar-refractivity contribution in [3.8, 4) is 17.2 Å². The number of aryl methyl sites for hydroxylation is 1. The van der Waals surface area contributed by atoms with E-state index in [9.17, 15) is 20.0 Å². The summed E-state index contributed by atoms with van der Waals surface area (Å²) in [5.41, 5.74) is 4.11. The smallest absolute Gasteiger partial charge is 0.408 e. The van der Waals surface area contributed by atoms with Crippen LogP contribution in [-0.2, 0) is 18.3 Å². The second kappa shape index (κ2) is 8.76. The van der Waals surface area contributed by atoms with Crippen molar-refractivity contribution in [3.05, 3.63) is 58.6 Å². The maximum Gasteiger partial charge on any atom is 0.419 e. The molecule has 0 unspecified atom stereocenters. The van der Waals surface area contributed by atoms with Gasteiger partial charge in [0.1, 0.15) is 6.04 Å². The molecule has 160 valence electrons. The topological polar surface area (TPSA) is 120 Å². The number of hydrogen-bond donors (Lipinski definition) is 3. The van der Waals surface area contributed by atoms with Crippen molar-refractivity contribution >= 4 is 17.0 Å². The maximum atomic E-state index is 12.4. The number of benzene rings is 2. The third kappa shape index (κ3) is 4.53. The lowest BCUT2D eigenvalue weighted by Gasteiger charge is -2.26. The molecule has 3 aromatic rings. The van der Waals surface area contributed by atoms with Crippen molar-refractivity contribution in [2.24, 2.45) is 13.0 Å². The Balaban J connectivity index is 1.44. The Morgan fingerprint density at radius 1 is 1.29 bits per heavy atom. The first kappa shape index (κ1) is 20.8. The van der Waals surface area contributed by atoms with Crippen molar-refractivity contribution < 1.29 is 14.3 Å². The molecule has 1 saturated heterocycles. The first-order valence-electron chi connectivity index (χ1n) is 10.2. The van der Waals surface area contributed by atoms with E-state index >= 15 is 0 Å². The van der Waals surface area contributed by atoms with Crippen LogP contribution < -0.4 is 16.4 Å². The second-order valence-corrected chi connectivity index (χ2v) is 7.95. The Bertz CT molecular complexity index is 1190. The molecule has 1 amide bonds. The van der Waals surface area contributed by atoms with Crippen LogP contribution in [-0.4, -0.2) is 40.8 Å². The summed E-state index contributed by atoms with van der Waals surface area (Å²) in [6, 6.07) is 14.8. The van der Waals surface area contributed by atoms with Gasteiger partial charge in [-0.25, -0.2) is 4.79 Å². The minimum Gasteiger partial charge on any atom is -0.408 e. The predicted octanol–water partition coefficient (Wildman–Crippen LogP) is 1.32. The maximum absolute atomic E-state index is 12.4. The van der Waals surface area contributed by atoms with Crippen molar-refractivity contribution in [1.82, 2.24) is 15.2 Å². The van der Waals surface area contributed by atoms with Crippen LogP contribution in [0, 0.1) is 17.2 Å². The van der Waals surface area contributed by atoms with Gasteiger partial charge >= 0.3 is 5.76 Å². The van der Waals surface area contributed by atoms with Gasteiger partial charge in [0.2, 0.25) is 5.91 Å². The predicted molar refractivity (Wildman–Crippen MR) is 115 cm³/mol. The summed E-state index contributed by atoms with van der Waals surface area (Å²) in [7, 11) is 1.67. The summed E-state index contributed by atoms with van der Waals surface area (Å²) in [6.45, 7) is 0.990. The number of nitrogens with one attached hydrogen (secondary N) is 2. The van der Waals surface area contributed by atoms with Gasteiger partial charge in [-0.2, -0.15) is 5.26 Å². The minimum atomic E-state index is -0.644. The third-order valence-electron chi connectivity index (χ3n) is 5.69. The van der Waals surface area contributed by atoms with Crippen LogP contribution in [0.15, 0.2) is 51.7 Å². The van der Waals surface area contributed by atoms with E-state index in [-0.39, 0.29) is 11.8 Å². The van der Waals surface area contributed by atoms with Gasteiger partial charge in [-0.1, -0.05) is 30.3 Å². The fourth-order valence-corrected chi connectivity index (χ4v) is 3.91. The largest absolute Gasteiger partial charge is 0.419 e. The van der Waals surface area contributed by atoms with Gasteiger partial charge < -0.3 is 20.2 Å². The Labute approximate surface area is 179 Å². The fraction of sp³-hybridized carbons (Fsp3) is 0.348. The van der Waals surface area contributed by atoms with Crippen LogP contribution in [0.25, 0.3) is 22.2 Å². The highest BCUT2D eigenvalue weighted by Crippen LogP contribution is 2.24. The average molecular weight is 420 g/mol. The standard InChI is InChI=1S/C23H24N4O4/c1-27-20-10-16(6-7-21(20)31-23(27)30)15-4-2-14(3-5-15)8-18(11-24)26-22(29)17-9-19(28)13-25-12-17/h2-7,10,17-19,25,28H,8-9,12-13H2,1H3,(H,26,29)/t17-,18+,19+/m1/s1. The van der Waals surface area contributed by atoms with Crippen molar-refractivity contribution in [3.63, 3.8) is 0 Å². The number of piperidine rings is 1. The molecule has 2 heterocycles. The van der Waals surface area contributed by atoms with Gasteiger partial charge in [0.25, 0.3) is 0 Å². The summed E-state index contributed by atoms with van der Waals surface area (Å²) < 4.78 is 6.64. The number of aliphatic hydroxyl groups is 1. The molecule has 4 rings (SSSR count). The van der Waals surface area contributed by atoms with Crippen LogP contribution in [0.4, 0.5) is 0 Å². The lowest BCUT2D eigenvalue weighted by molar-refractivity contribution is -0.127. The molecule has 31 heavy (non-hydrogen) atoms. The normalized spacial score (nSPS) is 19.6. The molecule has 0 saturated carbocycles. The highest BCUT2D eigenvalue weighted by atomic mass is 16.4. The number of oxazole rings is 1. The molecule has 0 bridgehead atoms. The number of aliphatic hydroxyl groups excluding tert-OH is 1. The molecule has 3 N–H and O–H groups in total. The van der Waals surface area contributed by atoms with Gasteiger partial charge in [-0.3, -0.25) is 9.36 Å². The Kier molecular flexibility index (Phi) is 5.89. The molecule has 0 spiro atoms. The molecule has 8 heteroatoms. The number of aromatic nitrogens is 1. The van der Waals surface area contributed by atoms with Crippen LogP contribution >= 0.6 is 0 Å². The number of nitriles is 1. The first-order valence-corrected chi connectivity index (χ1v) is 10.2. The molecule has 0 aliphatic carbocycles. The lowest BCUT2D eigenvalue weighted by Crippen LogP contribution is -2.48. The van der Waals surface area contributed by atoms with Gasteiger partial charge in [0.05, 0.1) is 23.6 Å². The average Bonchev–Trinajstić information content (AvgIpc) is 3.06. The Morgan fingerprint density at radius 3 is 2.74 bits per heavy atom. The minimum absolute atomic E-state index is 0.214. The van der Waals surface area contributed by atoms with E-state index in [1.165, 1.54) is 4.57 Å². The summed E-state index contributed by atoms with van der Waals surface area (Å²) >= 11 is 0. The van der Waals surface area contributed by atoms with E-state index in [2.05, 4.69) is 16.7 Å². The number of amides is 1. The number of fused-ring (bicyclic) bond motifs is 1. The molecule has 8 nitrogen and oxygen atoms in total. The number of nitrogens with zero attached hydrogens (tertiary/aromatic N) is 2. The third-order valence-corrected chi connectivity index (χ3v) is 5.69. The number of rotatable bonds is 5. The highest BCUT2D eigenvalue weighted by molar-refractivity contribution is 5.81. The van der Waals surface area contributed by atoms with Crippen molar-refractivity contribution in [2.75, 3.05) is 13.1 Å². The molecule has 1 aliphatic heterocycles. The zero-order valence-corrected chi connectivity index (χ0v) is 17.2. The summed E-state index contributed by atoms with van der Waals surface area (Å²) in [4.78, 5) is 24.1. The Hall–Kier alpha value is -3.41. The Morgan fingerprint density at radius 2 is 2.03 bits per heavy atom. The highest BCUT2D eigenvalue weighted by Gasteiger charge is 2.27. The van der Waals surface area contributed by atoms with Gasteiger partial charge in [0, 0.05) is 26.6 Å². The van der Waals surface area contributed by atoms with Crippen LogP contribution in [0.1, 0.15) is 12.0 Å². The van der Waals surface area contributed by atoms with E-state index in [1.54, 1.807) is 13.1 Å². The van der Waals surface area contributed by atoms with E-state index in [1.807, 2.05) is 36.4 Å². The summed E-state index contributed by atoms with van der Waals surface area (Å²) in [5.74, 6) is -0.949. The molecular formula is C23H24N4O4. The number of β-amino-alcohol motifs (C(OH)–C–C–N with tert-alkyl or cyclic N) is 1.